The summed E-state index contributed by atoms with van der Waals surface area (Å²) in [6, 6.07) is 0. The van der Waals surface area contributed by atoms with Crippen molar-refractivity contribution in [3.8, 4) is 0 Å². The number of rotatable bonds is 12. The highest BCUT2D eigenvalue weighted by Crippen LogP contribution is 2.15. The van der Waals surface area contributed by atoms with Crippen LogP contribution in [-0.2, 0) is 0 Å². The van der Waals surface area contributed by atoms with E-state index in [0.717, 1.165) is 0 Å². The number of nitrogens with zero attached hydrogens (tertiary/aromatic N) is 1. The summed E-state index contributed by atoms with van der Waals surface area (Å²) < 4.78 is 0. The highest BCUT2D eigenvalue weighted by molar-refractivity contribution is 4.74. The van der Waals surface area contributed by atoms with Gasteiger partial charge in [0.2, 0.25) is 0 Å². The summed E-state index contributed by atoms with van der Waals surface area (Å²) in [7, 11) is 0. The van der Waals surface area contributed by atoms with E-state index in [1.807, 2.05) is 0 Å². The van der Waals surface area contributed by atoms with E-state index in [-0.39, 0.29) is 0 Å². The third kappa shape index (κ3) is 11.5. The minimum atomic E-state index is 0.341. The molecule has 0 atom stereocenters. The molecule has 0 aromatic carbocycles. The zero-order chi connectivity index (χ0) is 14.6. The summed E-state index contributed by atoms with van der Waals surface area (Å²) in [6.07, 6.45) is 14.3. The van der Waals surface area contributed by atoms with Gasteiger partial charge in [0.05, 0.1) is 0 Å². The van der Waals surface area contributed by atoms with Gasteiger partial charge in [0.15, 0.2) is 0 Å². The van der Waals surface area contributed by atoms with Crippen LogP contribution in [0.3, 0.4) is 0 Å². The molecule has 0 aliphatic rings. The molecule has 0 aliphatic carbocycles. The first kappa shape index (κ1) is 19.0. The Balaban J connectivity index is 3.31. The van der Waals surface area contributed by atoms with Gasteiger partial charge in [-0.05, 0) is 40.3 Å². The molecule has 0 aliphatic heterocycles. The molecular formula is C18H39N. The first-order chi connectivity index (χ1) is 9.02. The van der Waals surface area contributed by atoms with Crippen molar-refractivity contribution in [1.29, 1.82) is 0 Å². The highest BCUT2D eigenvalue weighted by atomic mass is 15.2. The number of hydrogen-bond donors (Lipinski definition) is 0. The molecule has 0 heterocycles. The smallest absolute Gasteiger partial charge is 0.0124 e. The summed E-state index contributed by atoms with van der Waals surface area (Å²) >= 11 is 0. The Hall–Kier alpha value is -0.0400. The van der Waals surface area contributed by atoms with Gasteiger partial charge in [-0.2, -0.15) is 0 Å². The third-order valence-corrected chi connectivity index (χ3v) is 4.11. The van der Waals surface area contributed by atoms with E-state index < -0.39 is 0 Å². The third-order valence-electron chi connectivity index (χ3n) is 4.11. The molecule has 0 unspecified atom stereocenters. The molecule has 0 aromatic heterocycles. The maximum Gasteiger partial charge on any atom is 0.0124 e. The van der Waals surface area contributed by atoms with E-state index >= 15 is 0 Å². The largest absolute Gasteiger partial charge is 0.299 e. The molecule has 0 aromatic rings. The molecule has 19 heavy (non-hydrogen) atoms. The molecule has 0 amide bonds. The lowest BCUT2D eigenvalue weighted by molar-refractivity contribution is 0.141. The quantitative estimate of drug-likeness (QED) is 0.391. The number of hydrogen-bond acceptors (Lipinski definition) is 1. The lowest BCUT2D eigenvalue weighted by Gasteiger charge is -2.34. The summed E-state index contributed by atoms with van der Waals surface area (Å²) in [5.74, 6) is 0. The Morgan fingerprint density at radius 1 is 0.632 bits per heavy atom. The van der Waals surface area contributed by atoms with Crippen LogP contribution in [0.4, 0.5) is 0 Å². The van der Waals surface area contributed by atoms with Crippen LogP contribution >= 0.6 is 0 Å². The van der Waals surface area contributed by atoms with Gasteiger partial charge in [-0.25, -0.2) is 0 Å². The van der Waals surface area contributed by atoms with Crippen molar-refractivity contribution < 1.29 is 0 Å². The van der Waals surface area contributed by atoms with Gasteiger partial charge in [0.25, 0.3) is 0 Å². The van der Waals surface area contributed by atoms with Crippen LogP contribution in [0.1, 0.15) is 98.8 Å². The van der Waals surface area contributed by atoms with Crippen LogP contribution in [-0.4, -0.2) is 23.5 Å². The van der Waals surface area contributed by atoms with Crippen LogP contribution in [0.5, 0.6) is 0 Å². The van der Waals surface area contributed by atoms with E-state index in [4.69, 9.17) is 0 Å². The minimum absolute atomic E-state index is 0.341. The van der Waals surface area contributed by atoms with E-state index in [9.17, 15) is 0 Å². The second-order valence-electron chi connectivity index (χ2n) is 6.93. The predicted molar refractivity (Wildman–Crippen MR) is 88.8 cm³/mol. The monoisotopic (exact) mass is 269 g/mol. The van der Waals surface area contributed by atoms with Gasteiger partial charge in [0, 0.05) is 5.54 Å². The summed E-state index contributed by atoms with van der Waals surface area (Å²) in [5, 5.41) is 0. The summed E-state index contributed by atoms with van der Waals surface area (Å²) in [6.45, 7) is 14.0. The van der Waals surface area contributed by atoms with E-state index in [1.165, 1.54) is 77.3 Å². The van der Waals surface area contributed by atoms with Crippen molar-refractivity contribution in [2.24, 2.45) is 0 Å². The average molecular weight is 270 g/mol. The van der Waals surface area contributed by atoms with Crippen molar-refractivity contribution in [3.63, 3.8) is 0 Å². The van der Waals surface area contributed by atoms with E-state index in [2.05, 4.69) is 39.5 Å². The minimum Gasteiger partial charge on any atom is -0.299 e. The van der Waals surface area contributed by atoms with E-state index in [0.29, 0.717) is 5.54 Å². The fraction of sp³-hybridized carbons (Fsp3) is 1.00. The molecule has 0 N–H and O–H groups in total. The van der Waals surface area contributed by atoms with Crippen molar-refractivity contribution in [2.75, 3.05) is 13.1 Å². The van der Waals surface area contributed by atoms with Gasteiger partial charge in [-0.1, -0.05) is 71.6 Å². The maximum atomic E-state index is 2.59. The zero-order valence-electron chi connectivity index (χ0n) is 14.4. The first-order valence-corrected chi connectivity index (χ1v) is 8.77. The van der Waals surface area contributed by atoms with Crippen LogP contribution in [0.2, 0.25) is 0 Å². The molecule has 0 spiro atoms. The molecule has 0 saturated heterocycles. The lowest BCUT2D eigenvalue weighted by Crippen LogP contribution is -2.41. The van der Waals surface area contributed by atoms with Crippen molar-refractivity contribution in [1.82, 2.24) is 4.90 Å². The van der Waals surface area contributed by atoms with Gasteiger partial charge >= 0.3 is 0 Å². The lowest BCUT2D eigenvalue weighted by atomic mass is 10.0. The molecule has 0 saturated carbocycles. The van der Waals surface area contributed by atoms with E-state index in [1.54, 1.807) is 0 Å². The second kappa shape index (κ2) is 11.8. The molecule has 0 bridgehead atoms. The standard InChI is InChI=1S/C18H39N/c1-6-8-9-10-11-12-13-14-15-16-17-19(7-2)18(3,4)5/h6-17H2,1-5H3. The molecular weight excluding hydrogens is 230 g/mol. The molecule has 0 fully saturated rings. The fourth-order valence-corrected chi connectivity index (χ4v) is 2.76. The number of unbranched alkanes of at least 4 members (excludes halogenated alkanes) is 9. The molecule has 116 valence electrons. The molecule has 0 radical (unpaired) electrons. The van der Waals surface area contributed by atoms with Gasteiger partial charge < -0.3 is 0 Å². The maximum absolute atomic E-state index is 2.59. The van der Waals surface area contributed by atoms with Gasteiger partial charge in [0.1, 0.15) is 0 Å². The summed E-state index contributed by atoms with van der Waals surface area (Å²) in [4.78, 5) is 2.59. The van der Waals surface area contributed by atoms with Crippen molar-refractivity contribution in [2.45, 2.75) is 104 Å². The van der Waals surface area contributed by atoms with Gasteiger partial charge in [-0.3, -0.25) is 4.90 Å². The Morgan fingerprint density at radius 2 is 1.05 bits per heavy atom. The molecule has 1 heteroatoms. The zero-order valence-corrected chi connectivity index (χ0v) is 14.4. The Bertz CT molecular complexity index is 181. The average Bonchev–Trinajstić information content (AvgIpc) is 2.34. The molecule has 0 rings (SSSR count). The van der Waals surface area contributed by atoms with Crippen LogP contribution in [0.15, 0.2) is 0 Å². The first-order valence-electron chi connectivity index (χ1n) is 8.77. The highest BCUT2D eigenvalue weighted by Gasteiger charge is 2.18. The van der Waals surface area contributed by atoms with Crippen molar-refractivity contribution in [3.05, 3.63) is 0 Å². The second-order valence-corrected chi connectivity index (χ2v) is 6.93. The van der Waals surface area contributed by atoms with Crippen LogP contribution in [0, 0.1) is 0 Å². The Kier molecular flexibility index (Phi) is 11.7. The predicted octanol–water partition coefficient (Wildman–Crippen LogP) is 6.03. The normalized spacial score (nSPS) is 12.3. The summed E-state index contributed by atoms with van der Waals surface area (Å²) in [5.41, 5.74) is 0.341. The SMILES string of the molecule is CCCCCCCCCCCCN(CC)C(C)(C)C. The fourth-order valence-electron chi connectivity index (χ4n) is 2.76. The Morgan fingerprint density at radius 3 is 1.42 bits per heavy atom. The van der Waals surface area contributed by atoms with Gasteiger partial charge in [-0.15, -0.1) is 0 Å². The topological polar surface area (TPSA) is 3.24 Å². The molecule has 1 nitrogen and oxygen atoms in total. The van der Waals surface area contributed by atoms with Crippen LogP contribution in [0.25, 0.3) is 0 Å². The van der Waals surface area contributed by atoms with Crippen LogP contribution < -0.4 is 0 Å². The van der Waals surface area contributed by atoms with Crippen molar-refractivity contribution >= 4 is 0 Å². The Labute approximate surface area is 123 Å².